The number of aldehydes is 1. The van der Waals surface area contributed by atoms with Crippen LogP contribution in [0.15, 0.2) is 12.5 Å². The van der Waals surface area contributed by atoms with Crippen LogP contribution in [-0.4, -0.2) is 28.5 Å². The second kappa shape index (κ2) is 3.53. The first-order valence-corrected chi connectivity index (χ1v) is 4.82. The van der Waals surface area contributed by atoms with Crippen molar-refractivity contribution in [2.75, 3.05) is 6.61 Å². The molecule has 3 unspecified atom stereocenters. The van der Waals surface area contributed by atoms with Crippen molar-refractivity contribution in [3.8, 4) is 0 Å². The van der Waals surface area contributed by atoms with Crippen LogP contribution in [-0.2, 0) is 4.74 Å². The fraction of sp³-hybridized carbons (Fsp3) is 0.600. The molecule has 4 nitrogen and oxygen atoms in total. The van der Waals surface area contributed by atoms with Crippen LogP contribution in [0.1, 0.15) is 30.4 Å². The Kier molecular flexibility index (Phi) is 2.37. The number of hydrogen-bond donors (Lipinski definition) is 0. The minimum Gasteiger partial charge on any atom is -0.376 e. The van der Waals surface area contributed by atoms with E-state index in [1.54, 1.807) is 12.5 Å². The molecule has 0 spiro atoms. The second-order valence-electron chi connectivity index (χ2n) is 3.81. The summed E-state index contributed by atoms with van der Waals surface area (Å²) in [6.45, 7) is 4.86. The molecule has 0 radical (unpaired) electrons. The molecule has 3 atom stereocenters. The highest BCUT2D eigenvalue weighted by molar-refractivity contribution is 5.71. The first-order valence-electron chi connectivity index (χ1n) is 4.82. The highest BCUT2D eigenvalue weighted by Crippen LogP contribution is 2.30. The lowest BCUT2D eigenvalue weighted by Crippen LogP contribution is -2.19. The zero-order valence-corrected chi connectivity index (χ0v) is 8.38. The Morgan fingerprint density at radius 3 is 3.00 bits per heavy atom. The van der Waals surface area contributed by atoms with Gasteiger partial charge in [-0.25, -0.2) is 4.98 Å². The molecule has 2 rings (SSSR count). The normalized spacial score (nSPS) is 32.0. The second-order valence-corrected chi connectivity index (χ2v) is 3.81. The predicted molar refractivity (Wildman–Crippen MR) is 51.2 cm³/mol. The van der Waals surface area contributed by atoms with Crippen LogP contribution in [0.3, 0.4) is 0 Å². The van der Waals surface area contributed by atoms with Crippen molar-refractivity contribution in [3.05, 3.63) is 18.2 Å². The highest BCUT2D eigenvalue weighted by atomic mass is 16.5. The smallest absolute Gasteiger partial charge is 0.168 e. The van der Waals surface area contributed by atoms with E-state index in [4.69, 9.17) is 4.74 Å². The largest absolute Gasteiger partial charge is 0.376 e. The minimum atomic E-state index is 0.243. The van der Waals surface area contributed by atoms with Crippen molar-refractivity contribution in [1.82, 2.24) is 9.55 Å². The average molecular weight is 194 g/mol. The number of rotatable bonds is 2. The van der Waals surface area contributed by atoms with Gasteiger partial charge in [0.2, 0.25) is 0 Å². The zero-order valence-electron chi connectivity index (χ0n) is 8.38. The Labute approximate surface area is 82.9 Å². The Balaban J connectivity index is 2.27. The van der Waals surface area contributed by atoms with Crippen LogP contribution in [0, 0.1) is 5.92 Å². The molecule has 1 aromatic rings. The minimum absolute atomic E-state index is 0.243. The van der Waals surface area contributed by atoms with Gasteiger partial charge in [-0.05, 0) is 6.92 Å². The molecule has 1 aliphatic heterocycles. The molecule has 2 heterocycles. The molecule has 0 N–H and O–H groups in total. The quantitative estimate of drug-likeness (QED) is 0.666. The van der Waals surface area contributed by atoms with Crippen LogP contribution in [0.25, 0.3) is 0 Å². The van der Waals surface area contributed by atoms with Gasteiger partial charge < -0.3 is 9.30 Å². The summed E-state index contributed by atoms with van der Waals surface area (Å²) in [6.07, 6.45) is 4.37. The molecule has 0 aromatic carbocycles. The molecular formula is C10H14N2O2. The summed E-state index contributed by atoms with van der Waals surface area (Å²) in [6, 6.07) is 0.243. The number of ether oxygens (including phenoxy) is 1. The SMILES string of the molecule is CC1OCC(n2cncc2C=O)C1C. The van der Waals surface area contributed by atoms with Crippen LogP contribution >= 0.6 is 0 Å². The van der Waals surface area contributed by atoms with Gasteiger partial charge in [-0.3, -0.25) is 4.79 Å². The van der Waals surface area contributed by atoms with Crippen LogP contribution in [0.2, 0.25) is 0 Å². The van der Waals surface area contributed by atoms with Crippen molar-refractivity contribution in [2.24, 2.45) is 5.92 Å². The molecule has 0 bridgehead atoms. The van der Waals surface area contributed by atoms with E-state index in [0.29, 0.717) is 18.2 Å². The van der Waals surface area contributed by atoms with Crippen molar-refractivity contribution < 1.29 is 9.53 Å². The Bertz CT molecular complexity index is 335. The third kappa shape index (κ3) is 1.35. The third-order valence-corrected chi connectivity index (χ3v) is 3.05. The predicted octanol–water partition coefficient (Wildman–Crippen LogP) is 1.29. The summed E-state index contributed by atoms with van der Waals surface area (Å²) in [4.78, 5) is 14.7. The van der Waals surface area contributed by atoms with Gasteiger partial charge in [-0.1, -0.05) is 6.92 Å². The molecular weight excluding hydrogens is 180 g/mol. The lowest BCUT2D eigenvalue weighted by molar-refractivity contribution is 0.107. The van der Waals surface area contributed by atoms with E-state index < -0.39 is 0 Å². The molecule has 1 fully saturated rings. The van der Waals surface area contributed by atoms with Crippen molar-refractivity contribution in [3.63, 3.8) is 0 Å². The molecule has 0 saturated carbocycles. The van der Waals surface area contributed by atoms with Crippen LogP contribution in [0.5, 0.6) is 0 Å². The summed E-state index contributed by atoms with van der Waals surface area (Å²) < 4.78 is 7.44. The maximum absolute atomic E-state index is 10.7. The van der Waals surface area contributed by atoms with Gasteiger partial charge >= 0.3 is 0 Å². The topological polar surface area (TPSA) is 44.1 Å². The van der Waals surface area contributed by atoms with Crippen LogP contribution in [0.4, 0.5) is 0 Å². The van der Waals surface area contributed by atoms with Gasteiger partial charge in [-0.15, -0.1) is 0 Å². The maximum Gasteiger partial charge on any atom is 0.168 e. The van der Waals surface area contributed by atoms with Crippen molar-refractivity contribution >= 4 is 6.29 Å². The van der Waals surface area contributed by atoms with E-state index in [-0.39, 0.29) is 12.1 Å². The standard InChI is InChI=1S/C10H14N2O2/c1-7-8(2)14-5-10(7)12-6-11-3-9(12)4-13/h3-4,6-8,10H,5H2,1-2H3. The summed E-state index contributed by atoms with van der Waals surface area (Å²) in [5.74, 6) is 0.419. The molecule has 4 heteroatoms. The van der Waals surface area contributed by atoms with Gasteiger partial charge in [0.05, 0.1) is 31.3 Å². The molecule has 76 valence electrons. The van der Waals surface area contributed by atoms with E-state index in [9.17, 15) is 4.79 Å². The fourth-order valence-electron chi connectivity index (χ4n) is 1.88. The number of nitrogens with zero attached hydrogens (tertiary/aromatic N) is 2. The monoisotopic (exact) mass is 194 g/mol. The highest BCUT2D eigenvalue weighted by Gasteiger charge is 2.32. The van der Waals surface area contributed by atoms with Gasteiger partial charge in [0.25, 0.3) is 0 Å². The number of aromatic nitrogens is 2. The van der Waals surface area contributed by atoms with Crippen LogP contribution < -0.4 is 0 Å². The van der Waals surface area contributed by atoms with E-state index in [1.807, 2.05) is 4.57 Å². The molecule has 0 aliphatic carbocycles. The fourth-order valence-corrected chi connectivity index (χ4v) is 1.88. The maximum atomic E-state index is 10.7. The lowest BCUT2D eigenvalue weighted by atomic mass is 10.0. The van der Waals surface area contributed by atoms with E-state index >= 15 is 0 Å². The molecule has 1 saturated heterocycles. The van der Waals surface area contributed by atoms with Gasteiger partial charge in [0.15, 0.2) is 6.29 Å². The number of carbonyl (C=O) groups excluding carboxylic acids is 1. The third-order valence-electron chi connectivity index (χ3n) is 3.05. The lowest BCUT2D eigenvalue weighted by Gasteiger charge is -2.17. The van der Waals surface area contributed by atoms with Crippen molar-refractivity contribution in [2.45, 2.75) is 26.0 Å². The van der Waals surface area contributed by atoms with Gasteiger partial charge in [0, 0.05) is 5.92 Å². The Morgan fingerprint density at radius 1 is 1.64 bits per heavy atom. The summed E-state index contributed by atoms with van der Waals surface area (Å²) >= 11 is 0. The molecule has 1 aliphatic rings. The Morgan fingerprint density at radius 2 is 2.43 bits per heavy atom. The zero-order chi connectivity index (χ0) is 10.1. The number of hydrogen-bond acceptors (Lipinski definition) is 3. The van der Waals surface area contributed by atoms with E-state index in [1.165, 1.54) is 0 Å². The first-order chi connectivity index (χ1) is 6.74. The molecule has 0 amide bonds. The number of carbonyl (C=O) groups is 1. The average Bonchev–Trinajstić information content (AvgIpc) is 2.75. The molecule has 14 heavy (non-hydrogen) atoms. The Hall–Kier alpha value is -1.16. The van der Waals surface area contributed by atoms with Crippen molar-refractivity contribution in [1.29, 1.82) is 0 Å². The van der Waals surface area contributed by atoms with E-state index in [2.05, 4.69) is 18.8 Å². The van der Waals surface area contributed by atoms with Gasteiger partial charge in [-0.2, -0.15) is 0 Å². The van der Waals surface area contributed by atoms with E-state index in [0.717, 1.165) is 6.29 Å². The first kappa shape index (κ1) is 9.40. The van der Waals surface area contributed by atoms with Gasteiger partial charge in [0.1, 0.15) is 5.69 Å². The summed E-state index contributed by atoms with van der Waals surface area (Å²) in [5.41, 5.74) is 0.625. The summed E-state index contributed by atoms with van der Waals surface area (Å²) in [5, 5.41) is 0. The number of imidazole rings is 1. The molecule has 1 aromatic heterocycles. The summed E-state index contributed by atoms with van der Waals surface area (Å²) in [7, 11) is 0.